The molecule has 1 aliphatic rings. The highest BCUT2D eigenvalue weighted by Crippen LogP contribution is 2.15. The number of nitrogens with one attached hydrogen (secondary N) is 3. The van der Waals surface area contributed by atoms with Crippen LogP contribution in [0.2, 0.25) is 0 Å². The first-order valence-electron chi connectivity index (χ1n) is 11.5. The summed E-state index contributed by atoms with van der Waals surface area (Å²) in [5, 5.41) is 14.7. The van der Waals surface area contributed by atoms with Gasteiger partial charge in [-0.15, -0.1) is 0 Å². The molecule has 1 aromatic carbocycles. The third-order valence-corrected chi connectivity index (χ3v) is 5.49. The quantitative estimate of drug-likeness (QED) is 0.242. The van der Waals surface area contributed by atoms with E-state index in [1.165, 1.54) is 0 Å². The van der Waals surface area contributed by atoms with Crippen LogP contribution in [-0.4, -0.2) is 74.2 Å². The van der Waals surface area contributed by atoms with Gasteiger partial charge >= 0.3 is 0 Å². The molecular formula is C25H35N7O2. The largest absolute Gasteiger partial charge is 0.452 e. The molecular weight excluding hydrogens is 430 g/mol. The lowest BCUT2D eigenvalue weighted by Gasteiger charge is -2.26. The van der Waals surface area contributed by atoms with Crippen LogP contribution < -0.4 is 16.4 Å². The lowest BCUT2D eigenvalue weighted by atomic mass is 10.2. The van der Waals surface area contributed by atoms with E-state index in [1.807, 2.05) is 49.4 Å². The smallest absolute Gasteiger partial charge is 0.215 e. The maximum atomic E-state index is 8.29. The van der Waals surface area contributed by atoms with E-state index in [9.17, 15) is 0 Å². The number of rotatable bonds is 10. The lowest BCUT2D eigenvalue weighted by molar-refractivity contribution is 0.0398. The lowest BCUT2D eigenvalue weighted by Crippen LogP contribution is -2.39. The fourth-order valence-corrected chi connectivity index (χ4v) is 3.51. The number of benzene rings is 1. The van der Waals surface area contributed by atoms with Gasteiger partial charge in [0.2, 0.25) is 5.90 Å². The van der Waals surface area contributed by atoms with Gasteiger partial charge in [0.05, 0.1) is 13.2 Å². The van der Waals surface area contributed by atoms with E-state index in [1.54, 1.807) is 20.2 Å². The highest BCUT2D eigenvalue weighted by molar-refractivity contribution is 5.99. The summed E-state index contributed by atoms with van der Waals surface area (Å²) in [6, 6.07) is 13.2. The molecule has 2 heterocycles. The van der Waals surface area contributed by atoms with E-state index in [2.05, 4.69) is 20.5 Å². The second-order valence-electron chi connectivity index (χ2n) is 8.06. The Morgan fingerprint density at radius 3 is 2.53 bits per heavy atom. The van der Waals surface area contributed by atoms with Crippen molar-refractivity contribution in [2.45, 2.75) is 20.1 Å². The van der Waals surface area contributed by atoms with Crippen molar-refractivity contribution in [2.75, 3.05) is 51.8 Å². The number of allylic oxidation sites excluding steroid dienone is 1. The van der Waals surface area contributed by atoms with E-state index in [-0.39, 0.29) is 5.90 Å². The van der Waals surface area contributed by atoms with Crippen LogP contribution in [-0.2, 0) is 9.47 Å². The third-order valence-electron chi connectivity index (χ3n) is 5.49. The zero-order valence-electron chi connectivity index (χ0n) is 20.2. The Kier molecular flexibility index (Phi) is 9.57. The van der Waals surface area contributed by atoms with Gasteiger partial charge in [-0.25, -0.2) is 4.98 Å². The summed E-state index contributed by atoms with van der Waals surface area (Å²) in [5.41, 5.74) is 9.48. The van der Waals surface area contributed by atoms with Gasteiger partial charge in [0.25, 0.3) is 0 Å². The molecule has 9 nitrogen and oxygen atoms in total. The van der Waals surface area contributed by atoms with Crippen LogP contribution in [0.4, 0.5) is 5.82 Å². The van der Waals surface area contributed by atoms with Crippen LogP contribution in [0.3, 0.4) is 0 Å². The van der Waals surface area contributed by atoms with E-state index in [4.69, 9.17) is 25.6 Å². The molecule has 1 aromatic heterocycles. The topological polar surface area (TPSA) is 121 Å². The standard InChI is InChI=1S/C25H35N7O2/c1-18(26)23(25(28-3)34-24(27)20-7-5-4-6-8-20)31-19(2)21-9-10-22(30-17-21)29-11-12-32-13-15-33-16-14-32/h4-10,17,25,27-28H,11-16,26H2,1-3H3,(H,29,30)/b23-18-,27-24?,31-19+/t25-/m1/s1. The number of morpholine rings is 1. The Bertz CT molecular complexity index is 980. The van der Waals surface area contributed by atoms with Crippen LogP contribution in [0.25, 0.3) is 0 Å². The van der Waals surface area contributed by atoms with Crippen LogP contribution in [0.1, 0.15) is 25.0 Å². The first kappa shape index (κ1) is 25.4. The van der Waals surface area contributed by atoms with E-state index < -0.39 is 6.23 Å². The van der Waals surface area contributed by atoms with Crippen molar-refractivity contribution in [1.29, 1.82) is 5.41 Å². The number of nitrogens with zero attached hydrogens (tertiary/aromatic N) is 3. The SMILES string of the molecule is CN[C@H](OC(=N)c1ccccc1)C(/N=C(\C)c1ccc(NCCN2CCOCC2)nc1)=C(\C)N. The van der Waals surface area contributed by atoms with E-state index in [0.29, 0.717) is 17.0 Å². The molecule has 182 valence electrons. The Morgan fingerprint density at radius 2 is 1.91 bits per heavy atom. The molecule has 1 aliphatic heterocycles. The molecule has 34 heavy (non-hydrogen) atoms. The summed E-state index contributed by atoms with van der Waals surface area (Å²) in [6.07, 6.45) is 1.13. The predicted molar refractivity (Wildman–Crippen MR) is 136 cm³/mol. The molecule has 0 aliphatic carbocycles. The minimum Gasteiger partial charge on any atom is -0.452 e. The van der Waals surface area contributed by atoms with Gasteiger partial charge in [-0.1, -0.05) is 18.2 Å². The van der Waals surface area contributed by atoms with Gasteiger partial charge in [0.15, 0.2) is 6.23 Å². The number of hydrogen-bond acceptors (Lipinski definition) is 9. The van der Waals surface area contributed by atoms with Crippen LogP contribution in [0.15, 0.2) is 65.0 Å². The molecule has 1 fully saturated rings. The molecule has 1 atom stereocenters. The molecule has 9 heteroatoms. The average molecular weight is 466 g/mol. The first-order chi connectivity index (χ1) is 16.5. The third kappa shape index (κ3) is 7.38. The average Bonchev–Trinajstić information content (AvgIpc) is 2.87. The predicted octanol–water partition coefficient (Wildman–Crippen LogP) is 2.41. The van der Waals surface area contributed by atoms with E-state index >= 15 is 0 Å². The van der Waals surface area contributed by atoms with Crippen molar-refractivity contribution in [1.82, 2.24) is 15.2 Å². The summed E-state index contributed by atoms with van der Waals surface area (Å²) < 4.78 is 11.2. The second kappa shape index (κ2) is 12.8. The van der Waals surface area contributed by atoms with Crippen molar-refractivity contribution in [3.05, 3.63) is 71.2 Å². The Hall–Kier alpha value is -3.27. The molecule has 5 N–H and O–H groups in total. The van der Waals surface area contributed by atoms with Crippen molar-refractivity contribution in [2.24, 2.45) is 10.7 Å². The Balaban J connectivity index is 1.63. The van der Waals surface area contributed by atoms with Gasteiger partial charge in [-0.2, -0.15) is 0 Å². The number of hydrogen-bond donors (Lipinski definition) is 4. The Labute approximate surface area is 201 Å². The zero-order chi connectivity index (χ0) is 24.3. The first-order valence-corrected chi connectivity index (χ1v) is 11.5. The molecule has 2 aromatic rings. The second-order valence-corrected chi connectivity index (χ2v) is 8.06. The monoisotopic (exact) mass is 465 g/mol. The summed E-state index contributed by atoms with van der Waals surface area (Å²) in [6.45, 7) is 9.01. The summed E-state index contributed by atoms with van der Waals surface area (Å²) in [4.78, 5) is 11.6. The van der Waals surface area contributed by atoms with Crippen LogP contribution in [0.5, 0.6) is 0 Å². The Morgan fingerprint density at radius 1 is 1.18 bits per heavy atom. The maximum absolute atomic E-state index is 8.29. The zero-order valence-corrected chi connectivity index (χ0v) is 20.2. The number of anilines is 1. The molecule has 1 saturated heterocycles. The summed E-state index contributed by atoms with van der Waals surface area (Å²) >= 11 is 0. The minimum atomic E-state index is -0.665. The van der Waals surface area contributed by atoms with Gasteiger partial charge < -0.3 is 20.5 Å². The van der Waals surface area contributed by atoms with Gasteiger partial charge in [-0.05, 0) is 45.2 Å². The molecule has 0 saturated carbocycles. The molecule has 0 bridgehead atoms. The van der Waals surface area contributed by atoms with Gasteiger partial charge in [0.1, 0.15) is 11.5 Å². The summed E-state index contributed by atoms with van der Waals surface area (Å²) in [7, 11) is 1.75. The summed E-state index contributed by atoms with van der Waals surface area (Å²) in [5.74, 6) is 0.865. The fourth-order valence-electron chi connectivity index (χ4n) is 3.51. The molecule has 0 radical (unpaired) electrons. The number of aromatic nitrogens is 1. The fraction of sp³-hybridized carbons (Fsp3) is 0.400. The maximum Gasteiger partial charge on any atom is 0.215 e. The molecule has 0 unspecified atom stereocenters. The molecule has 0 amide bonds. The normalized spacial score (nSPS) is 16.5. The van der Waals surface area contributed by atoms with Crippen molar-refractivity contribution in [3.63, 3.8) is 0 Å². The van der Waals surface area contributed by atoms with Crippen LogP contribution >= 0.6 is 0 Å². The number of pyridine rings is 1. The van der Waals surface area contributed by atoms with Crippen molar-refractivity contribution < 1.29 is 9.47 Å². The van der Waals surface area contributed by atoms with Crippen molar-refractivity contribution >= 4 is 17.4 Å². The van der Waals surface area contributed by atoms with E-state index in [0.717, 1.165) is 56.5 Å². The minimum absolute atomic E-state index is 0.0423. The number of ether oxygens (including phenoxy) is 2. The number of likely N-dealkylation sites (N-methyl/N-ethyl adjacent to an activating group) is 1. The van der Waals surface area contributed by atoms with Gasteiger partial charge in [0, 0.05) is 54.9 Å². The molecule has 3 rings (SSSR count). The highest BCUT2D eigenvalue weighted by atomic mass is 16.5. The number of nitrogens with two attached hydrogens (primary N) is 1. The molecule has 0 spiro atoms. The van der Waals surface area contributed by atoms with Gasteiger partial charge in [-0.3, -0.25) is 20.6 Å². The van der Waals surface area contributed by atoms with Crippen LogP contribution in [0, 0.1) is 5.41 Å². The number of aliphatic imine (C=N–C) groups is 1. The highest BCUT2D eigenvalue weighted by Gasteiger charge is 2.19. The van der Waals surface area contributed by atoms with Crippen molar-refractivity contribution in [3.8, 4) is 0 Å².